The van der Waals surface area contributed by atoms with Gasteiger partial charge in [0.05, 0.1) is 0 Å². The molecule has 0 saturated heterocycles. The number of aryl methyl sites for hydroxylation is 1. The lowest BCUT2D eigenvalue weighted by atomic mass is 9.93. The zero-order valence-electron chi connectivity index (χ0n) is 14.4. The average Bonchev–Trinajstić information content (AvgIpc) is 3.21. The van der Waals surface area contributed by atoms with Gasteiger partial charge in [-0.2, -0.15) is 0 Å². The molecule has 2 atom stereocenters. The fourth-order valence-corrected chi connectivity index (χ4v) is 3.26. The van der Waals surface area contributed by atoms with Crippen LogP contribution in [0.5, 0.6) is 0 Å². The molecule has 1 fully saturated rings. The molecule has 0 aliphatic heterocycles. The van der Waals surface area contributed by atoms with E-state index < -0.39 is 12.4 Å². The van der Waals surface area contributed by atoms with Crippen LogP contribution in [-0.4, -0.2) is 20.8 Å². The molecule has 1 aromatic carbocycles. The molecule has 128 valence electrons. The highest BCUT2D eigenvalue weighted by Gasteiger charge is 2.30. The highest BCUT2D eigenvalue weighted by atomic mass is 16.7. The highest BCUT2D eigenvalue weighted by Crippen LogP contribution is 2.38. The van der Waals surface area contributed by atoms with Crippen LogP contribution in [0.2, 0.25) is 0 Å². The Hall–Kier alpha value is -2.30. The molecule has 5 heteroatoms. The maximum absolute atomic E-state index is 11.1. The Labute approximate surface area is 142 Å². The fraction of sp³-hybridized carbons (Fsp3) is 0.474. The topological polar surface area (TPSA) is 64.4 Å². The lowest BCUT2D eigenvalue weighted by Crippen LogP contribution is -2.20. The molecule has 3 rings (SSSR count). The number of hydrogen-bond acceptors (Lipinski definition) is 3. The SMILES string of the molecule is Cc1cccc(C(C)c2nccn2C(CC2CC2)OC(=O)O)c1C. The van der Waals surface area contributed by atoms with Crippen molar-refractivity contribution in [2.24, 2.45) is 5.92 Å². The third kappa shape index (κ3) is 3.45. The second kappa shape index (κ2) is 6.67. The monoisotopic (exact) mass is 328 g/mol. The van der Waals surface area contributed by atoms with Gasteiger partial charge >= 0.3 is 6.16 Å². The van der Waals surface area contributed by atoms with E-state index in [0.29, 0.717) is 5.92 Å². The molecule has 5 nitrogen and oxygen atoms in total. The van der Waals surface area contributed by atoms with Crippen LogP contribution < -0.4 is 0 Å². The Bertz CT molecular complexity index is 734. The van der Waals surface area contributed by atoms with Crippen molar-refractivity contribution in [3.63, 3.8) is 0 Å². The Morgan fingerprint density at radius 1 is 1.42 bits per heavy atom. The minimum absolute atomic E-state index is 0.0685. The fourth-order valence-electron chi connectivity index (χ4n) is 3.26. The first-order valence-electron chi connectivity index (χ1n) is 8.45. The van der Waals surface area contributed by atoms with Crippen LogP contribution in [0, 0.1) is 19.8 Å². The van der Waals surface area contributed by atoms with Gasteiger partial charge in [-0.1, -0.05) is 25.1 Å². The molecule has 1 saturated carbocycles. The summed E-state index contributed by atoms with van der Waals surface area (Å²) >= 11 is 0. The number of benzene rings is 1. The summed E-state index contributed by atoms with van der Waals surface area (Å²) in [5.74, 6) is 1.47. The van der Waals surface area contributed by atoms with E-state index in [2.05, 4.69) is 44.0 Å². The summed E-state index contributed by atoms with van der Waals surface area (Å²) in [5, 5.41) is 9.09. The molecule has 0 spiro atoms. The summed E-state index contributed by atoms with van der Waals surface area (Å²) in [6, 6.07) is 6.26. The van der Waals surface area contributed by atoms with Crippen LogP contribution in [0.1, 0.15) is 60.8 Å². The summed E-state index contributed by atoms with van der Waals surface area (Å²) in [5.41, 5.74) is 3.70. The second-order valence-electron chi connectivity index (χ2n) is 6.72. The van der Waals surface area contributed by atoms with Gasteiger partial charge in [0.2, 0.25) is 0 Å². The molecule has 0 radical (unpaired) electrons. The predicted molar refractivity (Wildman–Crippen MR) is 91.1 cm³/mol. The molecule has 0 amide bonds. The molecule has 2 unspecified atom stereocenters. The first-order chi connectivity index (χ1) is 11.5. The van der Waals surface area contributed by atoms with Gasteiger partial charge in [0.25, 0.3) is 0 Å². The molecule has 24 heavy (non-hydrogen) atoms. The van der Waals surface area contributed by atoms with Crippen LogP contribution in [0.25, 0.3) is 0 Å². The van der Waals surface area contributed by atoms with E-state index in [9.17, 15) is 4.79 Å². The van der Waals surface area contributed by atoms with E-state index in [1.54, 1.807) is 6.20 Å². The number of nitrogens with zero attached hydrogens (tertiary/aromatic N) is 2. The molecule has 0 bridgehead atoms. The molecule has 1 aromatic heterocycles. The molecular formula is C19H24N2O3. The maximum atomic E-state index is 11.1. The highest BCUT2D eigenvalue weighted by molar-refractivity contribution is 5.56. The van der Waals surface area contributed by atoms with Crippen molar-refractivity contribution in [3.05, 3.63) is 53.1 Å². The van der Waals surface area contributed by atoms with Gasteiger partial charge in [0, 0.05) is 24.7 Å². The first-order valence-corrected chi connectivity index (χ1v) is 8.45. The van der Waals surface area contributed by atoms with Crippen LogP contribution in [0.4, 0.5) is 4.79 Å². The molecule has 1 N–H and O–H groups in total. The van der Waals surface area contributed by atoms with Crippen LogP contribution in [0.3, 0.4) is 0 Å². The Morgan fingerprint density at radius 3 is 2.83 bits per heavy atom. The van der Waals surface area contributed by atoms with Gasteiger partial charge < -0.3 is 9.84 Å². The number of imidazole rings is 1. The van der Waals surface area contributed by atoms with Gasteiger partial charge in [-0.15, -0.1) is 0 Å². The van der Waals surface area contributed by atoms with E-state index in [4.69, 9.17) is 9.84 Å². The van der Waals surface area contributed by atoms with Crippen molar-refractivity contribution in [1.29, 1.82) is 0 Å². The van der Waals surface area contributed by atoms with Crippen molar-refractivity contribution in [2.75, 3.05) is 0 Å². The molecule has 1 aliphatic carbocycles. The largest absolute Gasteiger partial charge is 0.507 e. The Morgan fingerprint density at radius 2 is 2.17 bits per heavy atom. The lowest BCUT2D eigenvalue weighted by molar-refractivity contribution is 0.00909. The maximum Gasteiger partial charge on any atom is 0.507 e. The van der Waals surface area contributed by atoms with Crippen LogP contribution in [-0.2, 0) is 4.74 Å². The smallest absolute Gasteiger partial charge is 0.450 e. The Kier molecular flexibility index (Phi) is 4.60. The standard InChI is InChI=1S/C19H24N2O3/c1-12-5-4-6-16(13(12)2)14(3)18-20-9-10-21(18)17(24-19(22)23)11-15-7-8-15/h4-6,9-10,14-15,17H,7-8,11H2,1-3H3,(H,22,23). The zero-order valence-corrected chi connectivity index (χ0v) is 14.4. The number of hydrogen-bond donors (Lipinski definition) is 1. The number of carboxylic acid groups (broad SMARTS) is 1. The van der Waals surface area contributed by atoms with Gasteiger partial charge in [0.1, 0.15) is 5.82 Å². The Balaban J connectivity index is 1.92. The van der Waals surface area contributed by atoms with Gasteiger partial charge in [0.15, 0.2) is 6.23 Å². The van der Waals surface area contributed by atoms with Crippen molar-refractivity contribution in [2.45, 2.75) is 52.2 Å². The van der Waals surface area contributed by atoms with Crippen molar-refractivity contribution < 1.29 is 14.6 Å². The van der Waals surface area contributed by atoms with Gasteiger partial charge in [-0.25, -0.2) is 9.78 Å². The zero-order chi connectivity index (χ0) is 17.3. The van der Waals surface area contributed by atoms with Crippen molar-refractivity contribution in [1.82, 2.24) is 9.55 Å². The molecule has 1 aliphatic rings. The summed E-state index contributed by atoms with van der Waals surface area (Å²) in [6.07, 6.45) is 4.83. The third-order valence-corrected chi connectivity index (χ3v) is 4.98. The third-order valence-electron chi connectivity index (χ3n) is 4.98. The number of ether oxygens (including phenoxy) is 1. The van der Waals surface area contributed by atoms with Gasteiger partial charge in [-0.3, -0.25) is 4.57 Å². The summed E-state index contributed by atoms with van der Waals surface area (Å²) < 4.78 is 7.05. The van der Waals surface area contributed by atoms with Crippen LogP contribution >= 0.6 is 0 Å². The van der Waals surface area contributed by atoms with Crippen molar-refractivity contribution >= 4 is 6.16 Å². The summed E-state index contributed by atoms with van der Waals surface area (Å²) in [4.78, 5) is 15.6. The van der Waals surface area contributed by atoms with E-state index in [-0.39, 0.29) is 5.92 Å². The summed E-state index contributed by atoms with van der Waals surface area (Å²) in [6.45, 7) is 6.32. The minimum atomic E-state index is -1.24. The van der Waals surface area contributed by atoms with Crippen molar-refractivity contribution in [3.8, 4) is 0 Å². The molecule has 2 aromatic rings. The number of rotatable bonds is 6. The minimum Gasteiger partial charge on any atom is -0.450 e. The average molecular weight is 328 g/mol. The van der Waals surface area contributed by atoms with E-state index in [1.807, 2.05) is 10.8 Å². The van der Waals surface area contributed by atoms with Crippen LogP contribution in [0.15, 0.2) is 30.6 Å². The number of carbonyl (C=O) groups is 1. The van der Waals surface area contributed by atoms with E-state index in [1.165, 1.54) is 16.7 Å². The van der Waals surface area contributed by atoms with Gasteiger partial charge in [-0.05, 0) is 49.3 Å². The summed E-state index contributed by atoms with van der Waals surface area (Å²) in [7, 11) is 0. The second-order valence-corrected chi connectivity index (χ2v) is 6.72. The normalized spacial score (nSPS) is 16.6. The predicted octanol–water partition coefficient (Wildman–Crippen LogP) is 4.65. The molecular weight excluding hydrogens is 304 g/mol. The van der Waals surface area contributed by atoms with E-state index in [0.717, 1.165) is 25.1 Å². The molecule has 1 heterocycles. The number of aromatic nitrogens is 2. The first kappa shape index (κ1) is 16.6. The van der Waals surface area contributed by atoms with E-state index >= 15 is 0 Å². The quantitative estimate of drug-likeness (QED) is 0.784. The lowest BCUT2D eigenvalue weighted by Gasteiger charge is -2.23.